The third kappa shape index (κ3) is 3.06. The van der Waals surface area contributed by atoms with E-state index in [1.165, 1.54) is 12.1 Å². The van der Waals surface area contributed by atoms with Crippen molar-refractivity contribution >= 4 is 23.8 Å². The predicted molar refractivity (Wildman–Crippen MR) is 78.3 cm³/mol. The molecule has 0 bridgehead atoms. The molecule has 0 radical (unpaired) electrons. The van der Waals surface area contributed by atoms with Crippen LogP contribution in [0.4, 0.5) is 18.9 Å². The molecule has 0 spiro atoms. The highest BCUT2D eigenvalue weighted by Crippen LogP contribution is 2.36. The Morgan fingerprint density at radius 2 is 2.00 bits per heavy atom. The van der Waals surface area contributed by atoms with Crippen molar-refractivity contribution in [2.45, 2.75) is 24.7 Å². The van der Waals surface area contributed by atoms with Gasteiger partial charge in [0.05, 0.1) is 12.3 Å². The first-order valence-corrected chi connectivity index (χ1v) is 7.30. The van der Waals surface area contributed by atoms with Gasteiger partial charge in [0.15, 0.2) is 6.04 Å². The maximum absolute atomic E-state index is 13.5. The molecular formula is C15H14F3N3O3. The molecule has 2 aliphatic rings. The summed E-state index contributed by atoms with van der Waals surface area (Å²) in [7, 11) is 0. The van der Waals surface area contributed by atoms with E-state index < -0.39 is 36.1 Å². The molecular weight excluding hydrogens is 327 g/mol. The van der Waals surface area contributed by atoms with Crippen LogP contribution in [0, 0.1) is 5.92 Å². The highest BCUT2D eigenvalue weighted by Gasteiger charge is 2.54. The molecule has 24 heavy (non-hydrogen) atoms. The number of ether oxygens (including phenoxy) is 1. The third-order valence-corrected chi connectivity index (χ3v) is 3.87. The highest BCUT2D eigenvalue weighted by atomic mass is 19.4. The topological polar surface area (TPSA) is 71.0 Å². The molecule has 9 heteroatoms. The molecule has 6 nitrogen and oxygen atoms in total. The van der Waals surface area contributed by atoms with E-state index in [-0.39, 0.29) is 18.7 Å². The van der Waals surface area contributed by atoms with Crippen LogP contribution in [-0.2, 0) is 14.3 Å². The lowest BCUT2D eigenvalue weighted by molar-refractivity contribution is -0.159. The van der Waals surface area contributed by atoms with Crippen LogP contribution >= 0.6 is 0 Å². The van der Waals surface area contributed by atoms with Crippen molar-refractivity contribution in [1.29, 1.82) is 0 Å². The number of halogens is 3. The number of nitrogens with one attached hydrogen (secondary N) is 1. The summed E-state index contributed by atoms with van der Waals surface area (Å²) in [5.74, 6) is -3.08. The van der Waals surface area contributed by atoms with E-state index >= 15 is 0 Å². The molecule has 0 saturated carbocycles. The Labute approximate surface area is 135 Å². The second-order valence-corrected chi connectivity index (χ2v) is 5.47. The number of amides is 1. The van der Waals surface area contributed by atoms with Crippen LogP contribution < -0.4 is 10.3 Å². The van der Waals surface area contributed by atoms with Crippen molar-refractivity contribution in [3.05, 3.63) is 30.3 Å². The number of nitrogens with zero attached hydrogens (tertiary/aromatic N) is 2. The molecule has 1 N–H and O–H groups in total. The minimum absolute atomic E-state index is 0.140. The fourth-order valence-corrected chi connectivity index (χ4v) is 2.71. The van der Waals surface area contributed by atoms with E-state index in [0.29, 0.717) is 0 Å². The molecule has 2 aliphatic heterocycles. The van der Waals surface area contributed by atoms with Gasteiger partial charge in [-0.25, -0.2) is 4.79 Å². The van der Waals surface area contributed by atoms with Gasteiger partial charge in [-0.15, -0.1) is 0 Å². The lowest BCUT2D eigenvalue weighted by Crippen LogP contribution is -2.52. The first-order valence-electron chi connectivity index (χ1n) is 7.30. The summed E-state index contributed by atoms with van der Waals surface area (Å²) in [6.07, 6.45) is -3.47. The number of benzene rings is 1. The smallest absolute Gasteiger partial charge is 0.412 e. The van der Waals surface area contributed by atoms with E-state index in [1.807, 2.05) is 0 Å². The Kier molecular flexibility index (Phi) is 4.16. The Morgan fingerprint density at radius 1 is 1.29 bits per heavy atom. The Balaban J connectivity index is 1.81. The third-order valence-electron chi connectivity index (χ3n) is 3.87. The van der Waals surface area contributed by atoms with Gasteiger partial charge in [0.1, 0.15) is 12.0 Å². The van der Waals surface area contributed by atoms with Crippen molar-refractivity contribution in [3.8, 4) is 0 Å². The quantitative estimate of drug-likeness (QED) is 0.846. The molecule has 2 heterocycles. The second kappa shape index (κ2) is 6.14. The van der Waals surface area contributed by atoms with E-state index in [1.54, 1.807) is 18.2 Å². The number of hydrazone groups is 1. The summed E-state index contributed by atoms with van der Waals surface area (Å²) in [4.78, 5) is 23.6. The van der Waals surface area contributed by atoms with Crippen LogP contribution in [0.1, 0.15) is 6.42 Å². The lowest BCUT2D eigenvalue weighted by atomic mass is 9.99. The summed E-state index contributed by atoms with van der Waals surface area (Å²) < 4.78 is 45.2. The fourth-order valence-electron chi connectivity index (χ4n) is 2.71. The van der Waals surface area contributed by atoms with Gasteiger partial charge >= 0.3 is 12.1 Å². The van der Waals surface area contributed by atoms with E-state index in [2.05, 4.69) is 10.4 Å². The highest BCUT2D eigenvalue weighted by molar-refractivity contribution is 5.98. The first-order chi connectivity index (χ1) is 11.4. The number of anilines is 1. The first kappa shape index (κ1) is 16.3. The van der Waals surface area contributed by atoms with Crippen LogP contribution in [0.25, 0.3) is 0 Å². The lowest BCUT2D eigenvalue weighted by Gasteiger charge is -2.29. The van der Waals surface area contributed by atoms with Crippen molar-refractivity contribution in [2.24, 2.45) is 11.0 Å². The average molecular weight is 341 g/mol. The van der Waals surface area contributed by atoms with Crippen LogP contribution in [0.3, 0.4) is 0 Å². The molecule has 0 aromatic heterocycles. The molecule has 3 unspecified atom stereocenters. The molecule has 3 atom stereocenters. The Bertz CT molecular complexity index is 663. The zero-order valence-electron chi connectivity index (χ0n) is 12.4. The number of carbonyl (C=O) groups is 2. The Morgan fingerprint density at radius 3 is 2.58 bits per heavy atom. The molecule has 1 amide bonds. The largest absolute Gasteiger partial charge is 0.464 e. The SMILES string of the molecule is O=C1OCCC1NC(=O)C1C=NN(c2ccccc2)C1C(F)(F)F. The number of hydrogen-bond acceptors (Lipinski definition) is 5. The maximum Gasteiger partial charge on any atom is 0.412 e. The predicted octanol–water partition coefficient (Wildman–Crippen LogP) is 1.47. The second-order valence-electron chi connectivity index (χ2n) is 5.47. The average Bonchev–Trinajstić information content (AvgIpc) is 3.15. The summed E-state index contributed by atoms with van der Waals surface area (Å²) in [5.41, 5.74) is 0.228. The summed E-state index contributed by atoms with van der Waals surface area (Å²) in [6.45, 7) is 0.140. The van der Waals surface area contributed by atoms with Gasteiger partial charge in [0, 0.05) is 12.6 Å². The number of cyclic esters (lactones) is 1. The minimum Gasteiger partial charge on any atom is -0.464 e. The van der Waals surface area contributed by atoms with Gasteiger partial charge in [-0.05, 0) is 12.1 Å². The minimum atomic E-state index is -4.68. The number of alkyl halides is 3. The van der Waals surface area contributed by atoms with Crippen LogP contribution in [0.2, 0.25) is 0 Å². The monoisotopic (exact) mass is 341 g/mol. The number of hydrogen-bond donors (Lipinski definition) is 1. The van der Waals surface area contributed by atoms with Crippen molar-refractivity contribution in [2.75, 3.05) is 11.6 Å². The number of esters is 1. The van der Waals surface area contributed by atoms with Gasteiger partial charge in [0.25, 0.3) is 0 Å². The van der Waals surface area contributed by atoms with Crippen molar-refractivity contribution in [1.82, 2.24) is 5.32 Å². The molecule has 1 aromatic carbocycles. The molecule has 3 rings (SSSR count). The molecule has 1 saturated heterocycles. The standard InChI is InChI=1S/C15H14F3N3O3/c16-15(17,18)12-10(13(22)20-11-6-7-24-14(11)23)8-19-21(12)9-4-2-1-3-5-9/h1-5,8,10-12H,6-7H2,(H,20,22). The van der Waals surface area contributed by atoms with E-state index in [9.17, 15) is 22.8 Å². The summed E-state index contributed by atoms with van der Waals surface area (Å²) >= 11 is 0. The van der Waals surface area contributed by atoms with Crippen molar-refractivity contribution < 1.29 is 27.5 Å². The number of para-hydroxylation sites is 1. The van der Waals surface area contributed by atoms with Gasteiger partial charge in [-0.3, -0.25) is 9.80 Å². The number of carbonyl (C=O) groups excluding carboxylic acids is 2. The van der Waals surface area contributed by atoms with Crippen LogP contribution in [0.5, 0.6) is 0 Å². The molecule has 0 aliphatic carbocycles. The van der Waals surface area contributed by atoms with Crippen molar-refractivity contribution in [3.63, 3.8) is 0 Å². The molecule has 1 aromatic rings. The normalized spacial score (nSPS) is 26.5. The summed E-state index contributed by atoms with van der Waals surface area (Å²) in [6, 6.07) is 4.75. The number of rotatable bonds is 3. The maximum atomic E-state index is 13.5. The van der Waals surface area contributed by atoms with Gasteiger partial charge in [0.2, 0.25) is 5.91 Å². The Hall–Kier alpha value is -2.58. The van der Waals surface area contributed by atoms with Gasteiger partial charge in [-0.1, -0.05) is 18.2 Å². The summed E-state index contributed by atoms with van der Waals surface area (Å²) in [5, 5.41) is 6.85. The van der Waals surface area contributed by atoms with Gasteiger partial charge < -0.3 is 10.1 Å². The fraction of sp³-hybridized carbons (Fsp3) is 0.400. The van der Waals surface area contributed by atoms with Gasteiger partial charge in [-0.2, -0.15) is 18.3 Å². The van der Waals surface area contributed by atoms with Crippen LogP contribution in [-0.4, -0.2) is 43.0 Å². The zero-order valence-corrected chi connectivity index (χ0v) is 12.4. The van der Waals surface area contributed by atoms with E-state index in [0.717, 1.165) is 11.2 Å². The molecule has 128 valence electrons. The zero-order chi connectivity index (χ0) is 17.3. The van der Waals surface area contributed by atoms with E-state index in [4.69, 9.17) is 4.74 Å². The van der Waals surface area contributed by atoms with Crippen LogP contribution in [0.15, 0.2) is 35.4 Å². The molecule has 1 fully saturated rings.